The number of hydrogen-bond donors (Lipinski definition) is 2. The second-order valence-corrected chi connectivity index (χ2v) is 9.85. The number of aromatic hydroxyl groups is 1. The lowest BCUT2D eigenvalue weighted by Crippen LogP contribution is -2.43. The maximum absolute atomic E-state index is 10.9. The molecule has 0 atom stereocenters. The fourth-order valence-electron chi connectivity index (χ4n) is 4.78. The summed E-state index contributed by atoms with van der Waals surface area (Å²) >= 11 is 6.19. The van der Waals surface area contributed by atoms with Crippen LogP contribution in [0.25, 0.3) is 10.9 Å². The Balaban J connectivity index is 1.38. The number of hydrogen-bond acceptors (Lipinski definition) is 6. The maximum Gasteiger partial charge on any atom is 0.199 e. The maximum atomic E-state index is 10.9. The molecule has 0 unspecified atom stereocenters. The van der Waals surface area contributed by atoms with Crippen LogP contribution in [0.4, 0.5) is 5.69 Å². The second kappa shape index (κ2) is 9.59. The molecule has 0 aliphatic carbocycles. The van der Waals surface area contributed by atoms with Gasteiger partial charge in [0.1, 0.15) is 6.61 Å². The Morgan fingerprint density at radius 3 is 2.64 bits per heavy atom. The summed E-state index contributed by atoms with van der Waals surface area (Å²) in [6, 6.07) is 19.7. The van der Waals surface area contributed by atoms with E-state index >= 15 is 0 Å². The smallest absolute Gasteiger partial charge is 0.199 e. The van der Waals surface area contributed by atoms with Crippen LogP contribution in [0.1, 0.15) is 22.3 Å². The van der Waals surface area contributed by atoms with Gasteiger partial charge in [-0.05, 0) is 42.9 Å². The van der Waals surface area contributed by atoms with E-state index in [1.54, 1.807) is 6.07 Å². The number of rotatable bonds is 5. The number of aliphatic imine (C=N–C) groups is 1. The van der Waals surface area contributed by atoms with Crippen LogP contribution in [0.3, 0.4) is 0 Å². The summed E-state index contributed by atoms with van der Waals surface area (Å²) in [5.41, 5.74) is 5.83. The molecule has 7 nitrogen and oxygen atoms in total. The summed E-state index contributed by atoms with van der Waals surface area (Å²) in [5.74, 6) is 0.695. The molecule has 6 rings (SSSR count). The Kier molecular flexibility index (Phi) is 6.15. The van der Waals surface area contributed by atoms with E-state index in [0.29, 0.717) is 28.7 Å². The van der Waals surface area contributed by atoms with Gasteiger partial charge in [-0.25, -0.2) is 4.99 Å². The number of benzene rings is 3. The molecule has 8 heteroatoms. The summed E-state index contributed by atoms with van der Waals surface area (Å²) in [7, 11) is 2.17. The number of piperazine rings is 1. The quantitative estimate of drug-likeness (QED) is 0.287. The zero-order valence-corrected chi connectivity index (χ0v) is 20.8. The van der Waals surface area contributed by atoms with Gasteiger partial charge in [0.2, 0.25) is 0 Å². The van der Waals surface area contributed by atoms with Crippen molar-refractivity contribution in [3.05, 3.63) is 87.9 Å². The fourth-order valence-corrected chi connectivity index (χ4v) is 4.96. The lowest BCUT2D eigenvalue weighted by molar-refractivity contribution is -0.194. The molecule has 3 aromatic carbocycles. The van der Waals surface area contributed by atoms with Crippen molar-refractivity contribution < 1.29 is 14.9 Å². The number of aromatic amines is 1. The van der Waals surface area contributed by atoms with Crippen molar-refractivity contribution in [3.8, 4) is 11.6 Å². The van der Waals surface area contributed by atoms with Gasteiger partial charge < -0.3 is 19.9 Å². The van der Waals surface area contributed by atoms with Crippen LogP contribution in [0.15, 0.2) is 65.7 Å². The predicted molar refractivity (Wildman–Crippen MR) is 141 cm³/mol. The highest BCUT2D eigenvalue weighted by Crippen LogP contribution is 2.35. The second-order valence-electron chi connectivity index (χ2n) is 9.41. The minimum absolute atomic E-state index is 0.0374. The van der Waals surface area contributed by atoms with Gasteiger partial charge in [0, 0.05) is 54.3 Å². The van der Waals surface area contributed by atoms with Crippen LogP contribution < -0.4 is 4.89 Å². The molecule has 184 valence electrons. The van der Waals surface area contributed by atoms with Crippen LogP contribution in [-0.2, 0) is 18.0 Å². The molecule has 1 aromatic heterocycles. The minimum atomic E-state index is 0.0374. The van der Waals surface area contributed by atoms with E-state index in [-0.39, 0.29) is 5.88 Å². The molecule has 2 N–H and O–H groups in total. The van der Waals surface area contributed by atoms with Gasteiger partial charge in [0.25, 0.3) is 0 Å². The van der Waals surface area contributed by atoms with Gasteiger partial charge in [-0.2, -0.15) is 4.89 Å². The molecule has 0 spiro atoms. The standard InChI is InChI=1S/C28H27ClN4O3/c1-32-10-12-33(13-11-32)16-18-2-7-22(8-3-18)30-27(19-4-5-20-17-35-36-25(20)14-19)26-23-9-6-21(29)15-24(23)31-28(26)34/h2-9,14-15,31,34H,10-13,16-17H2,1H3. The van der Waals surface area contributed by atoms with Gasteiger partial charge >= 0.3 is 0 Å². The van der Waals surface area contributed by atoms with Crippen molar-refractivity contribution in [1.82, 2.24) is 14.8 Å². The third kappa shape index (κ3) is 4.58. The normalized spacial score (nSPS) is 16.9. The monoisotopic (exact) mass is 502 g/mol. The van der Waals surface area contributed by atoms with E-state index < -0.39 is 0 Å². The van der Waals surface area contributed by atoms with Gasteiger partial charge in [-0.1, -0.05) is 41.9 Å². The van der Waals surface area contributed by atoms with E-state index in [1.807, 2.05) is 42.5 Å². The molecule has 2 aliphatic heterocycles. The van der Waals surface area contributed by atoms with Crippen molar-refractivity contribution in [2.75, 3.05) is 33.2 Å². The number of halogens is 1. The first-order valence-corrected chi connectivity index (χ1v) is 12.4. The van der Waals surface area contributed by atoms with Crippen molar-refractivity contribution >= 4 is 33.9 Å². The molecule has 1 fully saturated rings. The topological polar surface area (TPSA) is 73.3 Å². The molecule has 3 heterocycles. The summed E-state index contributed by atoms with van der Waals surface area (Å²) in [5, 5.41) is 12.4. The van der Waals surface area contributed by atoms with Gasteiger partial charge in [0.15, 0.2) is 11.6 Å². The summed E-state index contributed by atoms with van der Waals surface area (Å²) in [4.78, 5) is 23.4. The van der Waals surface area contributed by atoms with Crippen molar-refractivity contribution in [3.63, 3.8) is 0 Å². The fraction of sp³-hybridized carbons (Fsp3) is 0.250. The van der Waals surface area contributed by atoms with Crippen molar-refractivity contribution in [1.29, 1.82) is 0 Å². The zero-order chi connectivity index (χ0) is 24.6. The molecule has 36 heavy (non-hydrogen) atoms. The van der Waals surface area contributed by atoms with E-state index in [0.717, 1.165) is 60.4 Å². The Morgan fingerprint density at radius 1 is 1.03 bits per heavy atom. The van der Waals surface area contributed by atoms with Gasteiger partial charge in [0.05, 0.1) is 22.5 Å². The minimum Gasteiger partial charge on any atom is -0.494 e. The average molecular weight is 503 g/mol. The van der Waals surface area contributed by atoms with Crippen molar-refractivity contribution in [2.24, 2.45) is 4.99 Å². The number of nitrogens with zero attached hydrogens (tertiary/aromatic N) is 3. The first kappa shape index (κ1) is 23.1. The Hall–Kier alpha value is -3.36. The highest BCUT2D eigenvalue weighted by molar-refractivity contribution is 6.31. The van der Waals surface area contributed by atoms with E-state index in [9.17, 15) is 5.11 Å². The summed E-state index contributed by atoms with van der Waals surface area (Å²) in [6.45, 7) is 5.69. The average Bonchev–Trinajstić information content (AvgIpc) is 3.47. The summed E-state index contributed by atoms with van der Waals surface area (Å²) in [6.07, 6.45) is 0. The first-order valence-electron chi connectivity index (χ1n) is 12.1. The molecule has 0 saturated carbocycles. The number of H-pyrrole nitrogens is 1. The number of fused-ring (bicyclic) bond motifs is 2. The zero-order valence-electron chi connectivity index (χ0n) is 20.0. The molecule has 2 aliphatic rings. The van der Waals surface area contributed by atoms with Gasteiger partial charge in [-0.15, -0.1) is 0 Å². The molecule has 1 saturated heterocycles. The molecular weight excluding hydrogens is 476 g/mol. The Labute approximate surface area is 214 Å². The van der Waals surface area contributed by atoms with E-state index in [1.165, 1.54) is 5.56 Å². The number of nitrogens with one attached hydrogen (secondary N) is 1. The molecule has 0 bridgehead atoms. The van der Waals surface area contributed by atoms with Crippen LogP contribution in [-0.4, -0.2) is 58.8 Å². The predicted octanol–water partition coefficient (Wildman–Crippen LogP) is 5.27. The van der Waals surface area contributed by atoms with E-state index in [2.05, 4.69) is 34.0 Å². The third-order valence-electron chi connectivity index (χ3n) is 6.86. The first-order chi connectivity index (χ1) is 17.5. The highest BCUT2D eigenvalue weighted by Gasteiger charge is 2.22. The SMILES string of the molecule is CN1CCN(Cc2ccc(N=C(c3ccc4c(c3)OOC4)c3c(O)[nH]c4cc(Cl)ccc34)cc2)CC1. The van der Waals surface area contributed by atoms with Crippen molar-refractivity contribution in [2.45, 2.75) is 13.2 Å². The van der Waals surface area contributed by atoms with E-state index in [4.69, 9.17) is 26.4 Å². The van der Waals surface area contributed by atoms with Gasteiger partial charge in [-0.3, -0.25) is 4.90 Å². The Morgan fingerprint density at radius 2 is 1.83 bits per heavy atom. The molecule has 4 aromatic rings. The largest absolute Gasteiger partial charge is 0.494 e. The molecule has 0 radical (unpaired) electrons. The van der Waals surface area contributed by atoms with Crippen LogP contribution in [0.2, 0.25) is 5.02 Å². The van der Waals surface area contributed by atoms with Crippen LogP contribution in [0, 0.1) is 0 Å². The highest BCUT2D eigenvalue weighted by atomic mass is 35.5. The lowest BCUT2D eigenvalue weighted by atomic mass is 9.99. The number of likely N-dealkylation sites (N-methyl/N-ethyl adjacent to an activating group) is 1. The summed E-state index contributed by atoms with van der Waals surface area (Å²) < 4.78 is 0. The Bertz CT molecular complexity index is 1440. The third-order valence-corrected chi connectivity index (χ3v) is 7.10. The molecule has 0 amide bonds. The van der Waals surface area contributed by atoms with Crippen LogP contribution >= 0.6 is 11.6 Å². The molecular formula is C28H27ClN4O3. The van der Waals surface area contributed by atoms with Crippen LogP contribution in [0.5, 0.6) is 11.6 Å². The lowest BCUT2D eigenvalue weighted by Gasteiger charge is -2.32. The number of aromatic nitrogens is 1.